The normalized spacial score (nSPS) is 12.0. The Morgan fingerprint density at radius 2 is 1.77 bits per heavy atom. The van der Waals surface area contributed by atoms with Crippen molar-refractivity contribution in [1.82, 2.24) is 0 Å². The minimum absolute atomic E-state index is 0.101. The van der Waals surface area contributed by atoms with Crippen LogP contribution in [0.25, 0.3) is 21.7 Å². The first-order chi connectivity index (χ1) is 12.5. The lowest BCUT2D eigenvalue weighted by atomic mass is 10.0. The predicted octanol–water partition coefficient (Wildman–Crippen LogP) is 5.22. The fraction of sp³-hybridized carbons (Fsp3) is 0. The van der Waals surface area contributed by atoms with Crippen molar-refractivity contribution in [3.63, 3.8) is 0 Å². The van der Waals surface area contributed by atoms with Crippen molar-refractivity contribution in [3.8, 4) is 0 Å². The van der Waals surface area contributed by atoms with Gasteiger partial charge in [0.05, 0.1) is 10.7 Å². The van der Waals surface area contributed by atoms with E-state index in [0.717, 1.165) is 16.2 Å². The number of halogens is 2. The van der Waals surface area contributed by atoms with Crippen molar-refractivity contribution in [1.29, 1.82) is 0 Å². The number of hydrogen-bond acceptors (Lipinski definition) is 3. The van der Waals surface area contributed by atoms with Crippen molar-refractivity contribution in [2.24, 2.45) is 10.7 Å². The number of carbonyl (C=O) groups excluding carboxylic acids is 1. The fourth-order valence-electron chi connectivity index (χ4n) is 2.82. The van der Waals surface area contributed by atoms with Crippen LogP contribution >= 0.6 is 23.2 Å². The lowest BCUT2D eigenvalue weighted by Crippen LogP contribution is -2.21. The molecule has 0 unspecified atom stereocenters. The summed E-state index contributed by atoms with van der Waals surface area (Å²) in [6.45, 7) is 0. The van der Waals surface area contributed by atoms with Gasteiger partial charge in [0.15, 0.2) is 0 Å². The van der Waals surface area contributed by atoms with E-state index >= 15 is 0 Å². The maximum atomic E-state index is 12.0. The maximum absolute atomic E-state index is 12.0. The molecule has 1 amide bonds. The first kappa shape index (κ1) is 16.6. The van der Waals surface area contributed by atoms with E-state index in [2.05, 4.69) is 4.99 Å². The van der Waals surface area contributed by atoms with Crippen molar-refractivity contribution < 1.29 is 9.21 Å². The number of fused-ring (bicyclic) bond motifs is 3. The Morgan fingerprint density at radius 3 is 2.54 bits per heavy atom. The molecule has 6 heteroatoms. The molecule has 0 radical (unpaired) electrons. The summed E-state index contributed by atoms with van der Waals surface area (Å²) in [4.78, 5) is 16.4. The third-order valence-electron chi connectivity index (χ3n) is 4.05. The highest BCUT2D eigenvalue weighted by molar-refractivity contribution is 6.36. The molecule has 0 atom stereocenters. The number of nitrogens with two attached hydrogens (primary N) is 1. The molecule has 0 aliphatic carbocycles. The zero-order valence-corrected chi connectivity index (χ0v) is 14.9. The molecule has 0 spiro atoms. The minimum Gasteiger partial charge on any atom is -0.437 e. The van der Waals surface area contributed by atoms with Gasteiger partial charge in [-0.2, -0.15) is 0 Å². The SMILES string of the molecule is NC(=O)c1cc2c(ccc3ccccc32)oc1=Nc1ccc(Cl)cc1Cl. The van der Waals surface area contributed by atoms with Crippen molar-refractivity contribution in [2.75, 3.05) is 0 Å². The molecule has 0 aliphatic heterocycles. The molecule has 4 nitrogen and oxygen atoms in total. The van der Waals surface area contributed by atoms with Gasteiger partial charge in [0, 0.05) is 10.4 Å². The molecule has 128 valence electrons. The Morgan fingerprint density at radius 1 is 0.962 bits per heavy atom. The smallest absolute Gasteiger partial charge is 0.254 e. The predicted molar refractivity (Wildman–Crippen MR) is 104 cm³/mol. The van der Waals surface area contributed by atoms with E-state index in [-0.39, 0.29) is 11.1 Å². The molecule has 0 saturated heterocycles. The Kier molecular flexibility index (Phi) is 4.15. The number of carbonyl (C=O) groups is 1. The van der Waals surface area contributed by atoms with Gasteiger partial charge in [0.25, 0.3) is 5.91 Å². The van der Waals surface area contributed by atoms with E-state index in [9.17, 15) is 4.79 Å². The monoisotopic (exact) mass is 382 g/mol. The Bertz CT molecular complexity index is 1250. The van der Waals surface area contributed by atoms with Crippen LogP contribution in [0.5, 0.6) is 0 Å². The van der Waals surface area contributed by atoms with E-state index < -0.39 is 5.91 Å². The van der Waals surface area contributed by atoms with Crippen LogP contribution in [0.2, 0.25) is 10.0 Å². The molecular formula is C20H12Cl2N2O2. The fourth-order valence-corrected chi connectivity index (χ4v) is 3.27. The summed E-state index contributed by atoms with van der Waals surface area (Å²) in [7, 11) is 0. The van der Waals surface area contributed by atoms with Gasteiger partial charge in [-0.15, -0.1) is 0 Å². The van der Waals surface area contributed by atoms with Crippen LogP contribution in [0.4, 0.5) is 5.69 Å². The zero-order chi connectivity index (χ0) is 18.3. The van der Waals surface area contributed by atoms with Gasteiger partial charge >= 0.3 is 0 Å². The second-order valence-electron chi connectivity index (χ2n) is 5.74. The quantitative estimate of drug-likeness (QED) is 0.482. The molecule has 0 aliphatic rings. The Balaban J connectivity index is 2.06. The van der Waals surface area contributed by atoms with Crippen LogP contribution in [0.3, 0.4) is 0 Å². The summed E-state index contributed by atoms with van der Waals surface area (Å²) in [6.07, 6.45) is 0. The molecule has 2 N–H and O–H groups in total. The van der Waals surface area contributed by atoms with Gasteiger partial charge in [-0.3, -0.25) is 4.79 Å². The molecule has 26 heavy (non-hydrogen) atoms. The largest absolute Gasteiger partial charge is 0.437 e. The summed E-state index contributed by atoms with van der Waals surface area (Å²) in [6, 6.07) is 18.2. The van der Waals surface area contributed by atoms with Gasteiger partial charge in [-0.1, -0.05) is 53.5 Å². The van der Waals surface area contributed by atoms with Gasteiger partial charge in [-0.25, -0.2) is 4.99 Å². The Labute approximate surface area is 158 Å². The third-order valence-corrected chi connectivity index (χ3v) is 4.59. The highest BCUT2D eigenvalue weighted by Gasteiger charge is 2.12. The van der Waals surface area contributed by atoms with Gasteiger partial charge < -0.3 is 10.2 Å². The summed E-state index contributed by atoms with van der Waals surface area (Å²) in [5, 5.41) is 3.63. The number of rotatable bonds is 2. The maximum Gasteiger partial charge on any atom is 0.254 e. The summed E-state index contributed by atoms with van der Waals surface area (Å²) < 4.78 is 5.89. The first-order valence-electron chi connectivity index (χ1n) is 7.78. The lowest BCUT2D eigenvalue weighted by Gasteiger charge is -2.06. The van der Waals surface area contributed by atoms with Gasteiger partial charge in [0.1, 0.15) is 11.1 Å². The van der Waals surface area contributed by atoms with Crippen LogP contribution in [0.1, 0.15) is 10.4 Å². The molecule has 0 fully saturated rings. The summed E-state index contributed by atoms with van der Waals surface area (Å²) >= 11 is 12.1. The lowest BCUT2D eigenvalue weighted by molar-refractivity contribution is 0.0996. The highest BCUT2D eigenvalue weighted by atomic mass is 35.5. The van der Waals surface area contributed by atoms with Crippen LogP contribution in [0.15, 0.2) is 70.1 Å². The van der Waals surface area contributed by atoms with Crippen LogP contribution in [-0.4, -0.2) is 5.91 Å². The third kappa shape index (κ3) is 2.94. The van der Waals surface area contributed by atoms with Crippen LogP contribution in [-0.2, 0) is 0 Å². The topological polar surface area (TPSA) is 68.6 Å². The highest BCUT2D eigenvalue weighted by Crippen LogP contribution is 2.28. The van der Waals surface area contributed by atoms with Crippen molar-refractivity contribution in [3.05, 3.63) is 81.8 Å². The second kappa shape index (κ2) is 6.48. The Hall–Kier alpha value is -2.82. The van der Waals surface area contributed by atoms with Crippen molar-refractivity contribution in [2.45, 2.75) is 0 Å². The zero-order valence-electron chi connectivity index (χ0n) is 13.4. The van der Waals surface area contributed by atoms with Crippen LogP contribution < -0.4 is 11.3 Å². The van der Waals surface area contributed by atoms with E-state index in [1.54, 1.807) is 24.3 Å². The molecule has 0 bridgehead atoms. The standard InChI is InChI=1S/C20H12Cl2N2O2/c21-12-6-7-17(16(22)9-12)24-20-15(19(23)25)10-14-13-4-2-1-3-11(13)5-8-18(14)26-20/h1-10H,(H2,23,25). The molecule has 1 aromatic heterocycles. The first-order valence-corrected chi connectivity index (χ1v) is 8.54. The summed E-state index contributed by atoms with van der Waals surface area (Å²) in [5.41, 5.74) is 6.86. The molecule has 0 saturated carbocycles. The molecule has 4 aromatic rings. The number of hydrogen-bond donors (Lipinski definition) is 1. The number of primary amides is 1. The number of amides is 1. The minimum atomic E-state index is -0.632. The molecule has 3 aromatic carbocycles. The van der Waals surface area contributed by atoms with E-state index in [1.807, 2.05) is 36.4 Å². The molecule has 4 rings (SSSR count). The van der Waals surface area contributed by atoms with E-state index in [1.165, 1.54) is 0 Å². The average Bonchev–Trinajstić information content (AvgIpc) is 2.63. The number of benzene rings is 3. The average molecular weight is 383 g/mol. The van der Waals surface area contributed by atoms with Crippen molar-refractivity contribution >= 4 is 56.5 Å². The van der Waals surface area contributed by atoms with Gasteiger partial charge in [0.2, 0.25) is 5.55 Å². The van der Waals surface area contributed by atoms with Gasteiger partial charge in [-0.05, 0) is 41.1 Å². The second-order valence-corrected chi connectivity index (χ2v) is 6.58. The summed E-state index contributed by atoms with van der Waals surface area (Å²) in [5.74, 6) is -0.632. The molecular weight excluding hydrogens is 371 g/mol. The van der Waals surface area contributed by atoms with E-state index in [0.29, 0.717) is 21.3 Å². The van der Waals surface area contributed by atoms with Crippen LogP contribution in [0, 0.1) is 0 Å². The molecule has 1 heterocycles. The van der Waals surface area contributed by atoms with E-state index in [4.69, 9.17) is 33.4 Å². The number of nitrogens with zero attached hydrogens (tertiary/aromatic N) is 1.